The molecular formula is C17H25NO4. The summed E-state index contributed by atoms with van der Waals surface area (Å²) in [5.41, 5.74) is 2.82. The minimum Gasteiger partial charge on any atom is -0.497 e. The summed E-state index contributed by atoms with van der Waals surface area (Å²) in [6.45, 7) is 9.04. The van der Waals surface area contributed by atoms with Crippen LogP contribution in [0.25, 0.3) is 0 Å². The third-order valence-corrected chi connectivity index (χ3v) is 3.06. The number of carbonyl (C=O) groups is 1. The highest BCUT2D eigenvalue weighted by Gasteiger charge is 2.26. The monoisotopic (exact) mass is 307 g/mol. The van der Waals surface area contributed by atoms with Gasteiger partial charge in [-0.25, -0.2) is 5.48 Å². The lowest BCUT2D eigenvalue weighted by molar-refractivity contribution is -0.152. The van der Waals surface area contributed by atoms with E-state index in [1.54, 1.807) is 7.11 Å². The summed E-state index contributed by atoms with van der Waals surface area (Å²) >= 11 is 0. The first-order valence-electron chi connectivity index (χ1n) is 7.18. The third-order valence-electron chi connectivity index (χ3n) is 3.06. The molecule has 0 fully saturated rings. The van der Waals surface area contributed by atoms with Crippen molar-refractivity contribution in [3.63, 3.8) is 0 Å². The molecule has 0 spiro atoms. The lowest BCUT2D eigenvalue weighted by Gasteiger charge is -2.24. The number of hydrogen-bond acceptors (Lipinski definition) is 4. The standard InChI is InChI=1S/C17H25NO4/c1-6-15(19)14(16(20)18-22-17(2,3)4)11-12-7-9-13(21-5)10-8-12/h6-10,14-15,19H,1,11H2,2-5H3,(H,18,20)/t14-,15-/m0/s1. The number of amides is 1. The van der Waals surface area contributed by atoms with Gasteiger partial charge in [0.15, 0.2) is 0 Å². The van der Waals surface area contributed by atoms with E-state index in [0.29, 0.717) is 6.42 Å². The molecule has 2 atom stereocenters. The molecule has 22 heavy (non-hydrogen) atoms. The molecule has 1 rings (SSSR count). The molecule has 0 aromatic heterocycles. The van der Waals surface area contributed by atoms with Crippen LogP contribution in [0.1, 0.15) is 26.3 Å². The van der Waals surface area contributed by atoms with Crippen LogP contribution in [-0.2, 0) is 16.1 Å². The molecule has 0 aliphatic carbocycles. The molecule has 1 aromatic carbocycles. The second-order valence-electron chi connectivity index (χ2n) is 6.07. The molecule has 5 heteroatoms. The highest BCUT2D eigenvalue weighted by molar-refractivity contribution is 5.78. The zero-order valence-electron chi connectivity index (χ0n) is 13.6. The fourth-order valence-electron chi connectivity index (χ4n) is 1.83. The molecule has 0 saturated heterocycles. The quantitative estimate of drug-likeness (QED) is 0.599. The van der Waals surface area contributed by atoms with Crippen LogP contribution in [0, 0.1) is 5.92 Å². The minimum atomic E-state index is -0.953. The second kappa shape index (κ2) is 7.96. The fourth-order valence-corrected chi connectivity index (χ4v) is 1.83. The van der Waals surface area contributed by atoms with Crippen LogP contribution in [0.3, 0.4) is 0 Å². The van der Waals surface area contributed by atoms with Crippen LogP contribution in [0.4, 0.5) is 0 Å². The van der Waals surface area contributed by atoms with Crippen molar-refractivity contribution in [2.24, 2.45) is 5.92 Å². The predicted molar refractivity (Wildman–Crippen MR) is 85.4 cm³/mol. The first-order chi connectivity index (χ1) is 10.3. The number of carbonyl (C=O) groups excluding carboxylic acids is 1. The Morgan fingerprint density at radius 3 is 2.41 bits per heavy atom. The van der Waals surface area contributed by atoms with Gasteiger partial charge in [-0.15, -0.1) is 6.58 Å². The molecule has 0 heterocycles. The van der Waals surface area contributed by atoms with Crippen molar-refractivity contribution in [1.82, 2.24) is 5.48 Å². The van der Waals surface area contributed by atoms with Gasteiger partial charge in [0, 0.05) is 0 Å². The normalized spacial score (nSPS) is 14.0. The zero-order chi connectivity index (χ0) is 16.8. The minimum absolute atomic E-state index is 0.372. The molecule has 1 amide bonds. The van der Waals surface area contributed by atoms with Crippen LogP contribution in [0.5, 0.6) is 5.75 Å². The first kappa shape index (κ1) is 18.2. The lowest BCUT2D eigenvalue weighted by Crippen LogP contribution is -2.41. The Morgan fingerprint density at radius 2 is 1.95 bits per heavy atom. The van der Waals surface area contributed by atoms with Crippen LogP contribution in [0.2, 0.25) is 0 Å². The summed E-state index contributed by atoms with van der Waals surface area (Å²) in [6, 6.07) is 7.35. The van der Waals surface area contributed by atoms with Gasteiger partial charge in [-0.05, 0) is 44.9 Å². The summed E-state index contributed by atoms with van der Waals surface area (Å²) in [5.74, 6) is -0.309. The summed E-state index contributed by atoms with van der Waals surface area (Å²) in [4.78, 5) is 17.5. The summed E-state index contributed by atoms with van der Waals surface area (Å²) in [5, 5.41) is 10.0. The van der Waals surface area contributed by atoms with Gasteiger partial charge in [-0.2, -0.15) is 0 Å². The smallest absolute Gasteiger partial charge is 0.249 e. The van der Waals surface area contributed by atoms with Gasteiger partial charge < -0.3 is 9.84 Å². The maximum absolute atomic E-state index is 12.2. The Kier molecular flexibility index (Phi) is 6.59. The highest BCUT2D eigenvalue weighted by Crippen LogP contribution is 2.18. The van der Waals surface area contributed by atoms with E-state index in [2.05, 4.69) is 12.1 Å². The summed E-state index contributed by atoms with van der Waals surface area (Å²) in [6.07, 6.45) is 0.771. The maximum Gasteiger partial charge on any atom is 0.249 e. The maximum atomic E-state index is 12.2. The van der Waals surface area contributed by atoms with Crippen molar-refractivity contribution >= 4 is 5.91 Å². The Balaban J connectivity index is 2.79. The van der Waals surface area contributed by atoms with Crippen molar-refractivity contribution in [2.75, 3.05) is 7.11 Å². The zero-order valence-corrected chi connectivity index (χ0v) is 13.6. The Labute approximate surface area is 131 Å². The van der Waals surface area contributed by atoms with Gasteiger partial charge in [0.2, 0.25) is 5.91 Å². The van der Waals surface area contributed by atoms with E-state index in [4.69, 9.17) is 9.57 Å². The number of hydroxylamine groups is 1. The number of aliphatic hydroxyl groups is 1. The number of benzene rings is 1. The molecule has 122 valence electrons. The Morgan fingerprint density at radius 1 is 1.36 bits per heavy atom. The van der Waals surface area contributed by atoms with Gasteiger partial charge >= 0.3 is 0 Å². The van der Waals surface area contributed by atoms with E-state index < -0.39 is 17.6 Å². The molecule has 0 aliphatic rings. The van der Waals surface area contributed by atoms with Gasteiger partial charge in [0.1, 0.15) is 5.75 Å². The highest BCUT2D eigenvalue weighted by atomic mass is 16.7. The predicted octanol–water partition coefficient (Wildman–Crippen LogP) is 2.25. The average Bonchev–Trinajstić information content (AvgIpc) is 2.49. The van der Waals surface area contributed by atoms with E-state index in [0.717, 1.165) is 11.3 Å². The summed E-state index contributed by atoms with van der Waals surface area (Å²) in [7, 11) is 1.59. The van der Waals surface area contributed by atoms with E-state index in [1.807, 2.05) is 45.0 Å². The molecule has 1 aromatic rings. The lowest BCUT2D eigenvalue weighted by atomic mass is 9.93. The molecule has 5 nitrogen and oxygen atoms in total. The topological polar surface area (TPSA) is 67.8 Å². The van der Waals surface area contributed by atoms with E-state index in [-0.39, 0.29) is 5.91 Å². The number of methoxy groups -OCH3 is 1. The number of rotatable bonds is 7. The van der Waals surface area contributed by atoms with E-state index in [1.165, 1.54) is 6.08 Å². The molecule has 0 saturated carbocycles. The van der Waals surface area contributed by atoms with Crippen molar-refractivity contribution < 1.29 is 19.5 Å². The van der Waals surface area contributed by atoms with Crippen LogP contribution < -0.4 is 10.2 Å². The van der Waals surface area contributed by atoms with Crippen molar-refractivity contribution in [3.05, 3.63) is 42.5 Å². The van der Waals surface area contributed by atoms with Crippen molar-refractivity contribution in [1.29, 1.82) is 0 Å². The number of aliphatic hydroxyl groups excluding tert-OH is 1. The SMILES string of the molecule is C=C[C@H](O)[C@H](Cc1ccc(OC)cc1)C(=O)NOC(C)(C)C. The average molecular weight is 307 g/mol. The van der Waals surface area contributed by atoms with Gasteiger partial charge in [0.25, 0.3) is 0 Å². The van der Waals surface area contributed by atoms with Crippen molar-refractivity contribution in [2.45, 2.75) is 38.9 Å². The van der Waals surface area contributed by atoms with E-state index in [9.17, 15) is 9.90 Å². The van der Waals surface area contributed by atoms with Gasteiger partial charge in [-0.3, -0.25) is 9.63 Å². The van der Waals surface area contributed by atoms with Crippen LogP contribution >= 0.6 is 0 Å². The number of hydrogen-bond donors (Lipinski definition) is 2. The Bertz CT molecular complexity index is 490. The van der Waals surface area contributed by atoms with Gasteiger partial charge in [0.05, 0.1) is 24.7 Å². The molecule has 0 unspecified atom stereocenters. The third kappa shape index (κ3) is 5.87. The van der Waals surface area contributed by atoms with Crippen molar-refractivity contribution in [3.8, 4) is 5.75 Å². The largest absolute Gasteiger partial charge is 0.497 e. The molecule has 0 bridgehead atoms. The number of nitrogens with one attached hydrogen (secondary N) is 1. The van der Waals surface area contributed by atoms with Crippen LogP contribution in [0.15, 0.2) is 36.9 Å². The van der Waals surface area contributed by atoms with Crippen LogP contribution in [-0.4, -0.2) is 29.8 Å². The Hall–Kier alpha value is -1.85. The molecule has 0 aliphatic heterocycles. The molecular weight excluding hydrogens is 282 g/mol. The number of ether oxygens (including phenoxy) is 1. The first-order valence-corrected chi connectivity index (χ1v) is 7.18. The van der Waals surface area contributed by atoms with Gasteiger partial charge in [-0.1, -0.05) is 18.2 Å². The second-order valence-corrected chi connectivity index (χ2v) is 6.07. The molecule has 2 N–H and O–H groups in total. The summed E-state index contributed by atoms with van der Waals surface area (Å²) < 4.78 is 5.10. The molecule has 0 radical (unpaired) electrons. The van der Waals surface area contributed by atoms with E-state index >= 15 is 0 Å². The fraction of sp³-hybridized carbons (Fsp3) is 0.471.